The zero-order valence-electron chi connectivity index (χ0n) is 14.8. The predicted octanol–water partition coefficient (Wildman–Crippen LogP) is -0.0739. The summed E-state index contributed by atoms with van der Waals surface area (Å²) in [5.41, 5.74) is 0.747. The largest absolute Gasteiger partial charge is 0.508 e. The molecule has 1 aromatic carbocycles. The number of piperazine rings is 1. The number of amides is 3. The third-order valence-corrected chi connectivity index (χ3v) is 6.62. The molecule has 0 unspecified atom stereocenters. The number of hydrogen-bond acceptors (Lipinski definition) is 5. The summed E-state index contributed by atoms with van der Waals surface area (Å²) in [7, 11) is -0.0490. The number of phenolic OH excluding ortho intramolecular Hbond substituents is 1. The fraction of sp³-hybridized carbons (Fsp3) is 0.529. The van der Waals surface area contributed by atoms with Crippen LogP contribution in [-0.4, -0.2) is 90.9 Å². The fourth-order valence-corrected chi connectivity index (χ4v) is 5.63. The Balaban J connectivity index is 1.80. The number of sulfone groups is 1. The molecule has 3 rings (SSSR count). The first-order valence-corrected chi connectivity index (χ1v) is 10.3. The Morgan fingerprint density at radius 3 is 2.19 bits per heavy atom. The molecule has 142 valence electrons. The molecule has 1 aromatic rings. The molecule has 0 aliphatic carbocycles. The molecule has 0 radical (unpaired) electrons. The summed E-state index contributed by atoms with van der Waals surface area (Å²) in [4.78, 5) is 29.7. The van der Waals surface area contributed by atoms with Crippen LogP contribution in [0.15, 0.2) is 24.3 Å². The standard InChI is InChI=1S/C17H23N3O5S/c1-18(2)17(23)20-8-7-19(14-10-26(24,25)11-15(14)20)16(22)9-12-3-5-13(21)6-4-12/h3-6,14-15,21H,7-11H2,1-2H3/t14-,15+/m1/s1. The fourth-order valence-electron chi connectivity index (χ4n) is 3.65. The Kier molecular flexibility index (Phi) is 4.83. The maximum absolute atomic E-state index is 12.8. The first-order valence-electron chi connectivity index (χ1n) is 8.43. The molecule has 8 nitrogen and oxygen atoms in total. The Bertz CT molecular complexity index is 806. The average Bonchev–Trinajstić information content (AvgIpc) is 2.89. The summed E-state index contributed by atoms with van der Waals surface area (Å²) < 4.78 is 24.4. The van der Waals surface area contributed by atoms with E-state index in [-0.39, 0.29) is 35.6 Å². The lowest BCUT2D eigenvalue weighted by molar-refractivity contribution is -0.135. The molecule has 3 amide bonds. The number of carbonyl (C=O) groups is 2. The molecule has 2 aliphatic heterocycles. The van der Waals surface area contributed by atoms with Crippen LogP contribution in [0.25, 0.3) is 0 Å². The van der Waals surface area contributed by atoms with Crippen molar-refractivity contribution in [3.8, 4) is 5.75 Å². The third kappa shape index (κ3) is 3.62. The molecular formula is C17H23N3O5S. The lowest BCUT2D eigenvalue weighted by atomic mass is 10.0. The van der Waals surface area contributed by atoms with Crippen LogP contribution >= 0.6 is 0 Å². The minimum absolute atomic E-state index is 0.111. The van der Waals surface area contributed by atoms with Gasteiger partial charge in [0.1, 0.15) is 5.75 Å². The summed E-state index contributed by atoms with van der Waals surface area (Å²) in [5, 5.41) is 9.34. The second-order valence-corrected chi connectivity index (χ2v) is 9.17. The van der Waals surface area contributed by atoms with E-state index in [9.17, 15) is 23.1 Å². The van der Waals surface area contributed by atoms with Gasteiger partial charge in [0.2, 0.25) is 5.91 Å². The quantitative estimate of drug-likeness (QED) is 0.773. The van der Waals surface area contributed by atoms with Gasteiger partial charge >= 0.3 is 6.03 Å². The Morgan fingerprint density at radius 1 is 1.08 bits per heavy atom. The highest BCUT2D eigenvalue weighted by Gasteiger charge is 2.49. The normalized spacial score (nSPS) is 24.2. The van der Waals surface area contributed by atoms with E-state index in [4.69, 9.17) is 0 Å². The van der Waals surface area contributed by atoms with E-state index in [0.29, 0.717) is 13.1 Å². The lowest BCUT2D eigenvalue weighted by Gasteiger charge is -2.44. The van der Waals surface area contributed by atoms with Crippen LogP contribution in [0.4, 0.5) is 4.79 Å². The summed E-state index contributed by atoms with van der Waals surface area (Å²) in [6.07, 6.45) is 0.130. The minimum atomic E-state index is -3.31. The zero-order valence-corrected chi connectivity index (χ0v) is 15.6. The number of aromatic hydroxyl groups is 1. The van der Waals surface area contributed by atoms with Gasteiger partial charge in [0.15, 0.2) is 9.84 Å². The van der Waals surface area contributed by atoms with E-state index < -0.39 is 21.9 Å². The highest BCUT2D eigenvalue weighted by atomic mass is 32.2. The van der Waals surface area contributed by atoms with Crippen molar-refractivity contribution in [3.05, 3.63) is 29.8 Å². The Morgan fingerprint density at radius 2 is 1.62 bits per heavy atom. The second kappa shape index (κ2) is 6.79. The van der Waals surface area contributed by atoms with Gasteiger partial charge in [-0.05, 0) is 17.7 Å². The molecule has 0 saturated carbocycles. The number of benzene rings is 1. The van der Waals surface area contributed by atoms with Gasteiger partial charge in [0, 0.05) is 27.2 Å². The van der Waals surface area contributed by atoms with E-state index >= 15 is 0 Å². The van der Waals surface area contributed by atoms with E-state index in [0.717, 1.165) is 5.56 Å². The van der Waals surface area contributed by atoms with E-state index in [1.807, 2.05) is 0 Å². The first kappa shape index (κ1) is 18.5. The summed E-state index contributed by atoms with van der Waals surface area (Å²) in [6.45, 7) is 0.627. The number of fused-ring (bicyclic) bond motifs is 1. The van der Waals surface area contributed by atoms with Crippen LogP contribution in [-0.2, 0) is 21.1 Å². The second-order valence-electron chi connectivity index (χ2n) is 7.01. The molecule has 2 aliphatic rings. The van der Waals surface area contributed by atoms with Crippen molar-refractivity contribution in [2.75, 3.05) is 38.7 Å². The first-order chi connectivity index (χ1) is 12.2. The molecule has 0 bridgehead atoms. The Labute approximate surface area is 152 Å². The molecule has 2 heterocycles. The summed E-state index contributed by atoms with van der Waals surface area (Å²) >= 11 is 0. The van der Waals surface area contributed by atoms with Crippen molar-refractivity contribution in [3.63, 3.8) is 0 Å². The highest BCUT2D eigenvalue weighted by Crippen LogP contribution is 2.28. The molecule has 2 fully saturated rings. The van der Waals surface area contributed by atoms with Crippen molar-refractivity contribution in [2.45, 2.75) is 18.5 Å². The Hall–Kier alpha value is -2.29. The van der Waals surface area contributed by atoms with Gasteiger partial charge in [-0.15, -0.1) is 0 Å². The van der Waals surface area contributed by atoms with Gasteiger partial charge in [-0.1, -0.05) is 12.1 Å². The van der Waals surface area contributed by atoms with Crippen LogP contribution in [0.1, 0.15) is 5.56 Å². The number of carbonyl (C=O) groups excluding carboxylic acids is 2. The highest BCUT2D eigenvalue weighted by molar-refractivity contribution is 7.91. The van der Waals surface area contributed by atoms with Gasteiger partial charge in [-0.3, -0.25) is 4.79 Å². The SMILES string of the molecule is CN(C)C(=O)N1CCN(C(=O)Cc2ccc(O)cc2)[C@@H]2CS(=O)(=O)C[C@@H]21. The molecule has 26 heavy (non-hydrogen) atoms. The molecule has 9 heteroatoms. The van der Waals surface area contributed by atoms with Crippen LogP contribution in [0.3, 0.4) is 0 Å². The molecule has 2 saturated heterocycles. The monoisotopic (exact) mass is 381 g/mol. The van der Waals surface area contributed by atoms with Crippen molar-refractivity contribution in [1.29, 1.82) is 0 Å². The predicted molar refractivity (Wildman–Crippen MR) is 95.5 cm³/mol. The molecule has 0 spiro atoms. The zero-order chi connectivity index (χ0) is 19.1. The van der Waals surface area contributed by atoms with Crippen LogP contribution in [0, 0.1) is 0 Å². The topological polar surface area (TPSA) is 98.2 Å². The van der Waals surface area contributed by atoms with Gasteiger partial charge < -0.3 is 19.8 Å². The molecule has 2 atom stereocenters. The molecule has 0 aromatic heterocycles. The van der Waals surface area contributed by atoms with Crippen LogP contribution < -0.4 is 0 Å². The van der Waals surface area contributed by atoms with Crippen LogP contribution in [0.2, 0.25) is 0 Å². The van der Waals surface area contributed by atoms with Crippen molar-refractivity contribution in [2.24, 2.45) is 0 Å². The number of urea groups is 1. The van der Waals surface area contributed by atoms with E-state index in [2.05, 4.69) is 0 Å². The maximum atomic E-state index is 12.8. The van der Waals surface area contributed by atoms with Gasteiger partial charge in [0.05, 0.1) is 30.0 Å². The van der Waals surface area contributed by atoms with Gasteiger partial charge in [0.25, 0.3) is 0 Å². The number of rotatable bonds is 2. The average molecular weight is 381 g/mol. The maximum Gasteiger partial charge on any atom is 0.319 e. The summed E-state index contributed by atoms with van der Waals surface area (Å²) in [5.74, 6) is -0.269. The van der Waals surface area contributed by atoms with E-state index in [1.54, 1.807) is 36.0 Å². The summed E-state index contributed by atoms with van der Waals surface area (Å²) in [6, 6.07) is 5.11. The van der Waals surface area contributed by atoms with Gasteiger partial charge in [-0.25, -0.2) is 13.2 Å². The molecule has 1 N–H and O–H groups in total. The number of phenols is 1. The smallest absolute Gasteiger partial charge is 0.319 e. The number of nitrogens with zero attached hydrogens (tertiary/aromatic N) is 3. The van der Waals surface area contributed by atoms with Gasteiger partial charge in [-0.2, -0.15) is 0 Å². The van der Waals surface area contributed by atoms with E-state index in [1.165, 1.54) is 17.0 Å². The molecular weight excluding hydrogens is 358 g/mol. The van der Waals surface area contributed by atoms with Crippen molar-refractivity contribution in [1.82, 2.24) is 14.7 Å². The lowest BCUT2D eigenvalue weighted by Crippen LogP contribution is -2.63. The minimum Gasteiger partial charge on any atom is -0.508 e. The van der Waals surface area contributed by atoms with Crippen molar-refractivity contribution >= 4 is 21.8 Å². The third-order valence-electron chi connectivity index (χ3n) is 4.92. The van der Waals surface area contributed by atoms with Crippen LogP contribution in [0.5, 0.6) is 5.75 Å². The van der Waals surface area contributed by atoms with Crippen molar-refractivity contribution < 1.29 is 23.1 Å². The number of hydrogen-bond donors (Lipinski definition) is 1.